The summed E-state index contributed by atoms with van der Waals surface area (Å²) in [6.45, 7) is 0.558. The van der Waals surface area contributed by atoms with Crippen LogP contribution in [0.25, 0.3) is 0 Å². The lowest BCUT2D eigenvalue weighted by Crippen LogP contribution is -2.35. The van der Waals surface area contributed by atoms with Gasteiger partial charge in [0.2, 0.25) is 11.8 Å². The zero-order valence-corrected chi connectivity index (χ0v) is 12.6. The SMILES string of the molecule is O=C(Nc1ccc(Cl)cc1)[C@@H]1CC(=O)N(C2CCCC2)C1. The Morgan fingerprint density at radius 1 is 1.19 bits per heavy atom. The number of amides is 2. The fourth-order valence-corrected chi connectivity index (χ4v) is 3.38. The number of benzene rings is 1. The predicted octanol–water partition coefficient (Wildman–Crippen LogP) is 3.07. The number of likely N-dealkylation sites (tertiary alicyclic amines) is 1. The Morgan fingerprint density at radius 2 is 1.86 bits per heavy atom. The molecule has 112 valence electrons. The highest BCUT2D eigenvalue weighted by atomic mass is 35.5. The van der Waals surface area contributed by atoms with E-state index in [4.69, 9.17) is 11.6 Å². The minimum atomic E-state index is -0.242. The van der Waals surface area contributed by atoms with Crippen LogP contribution in [0.5, 0.6) is 0 Å². The van der Waals surface area contributed by atoms with Gasteiger partial charge in [0.1, 0.15) is 0 Å². The average molecular weight is 307 g/mol. The Morgan fingerprint density at radius 3 is 2.52 bits per heavy atom. The molecule has 1 saturated heterocycles. The van der Waals surface area contributed by atoms with Crippen LogP contribution in [0.3, 0.4) is 0 Å². The lowest BCUT2D eigenvalue weighted by atomic mass is 10.1. The van der Waals surface area contributed by atoms with E-state index in [1.807, 2.05) is 4.90 Å². The third-order valence-corrected chi connectivity index (χ3v) is 4.66. The summed E-state index contributed by atoms with van der Waals surface area (Å²) in [4.78, 5) is 26.3. The number of anilines is 1. The molecule has 2 fully saturated rings. The maximum atomic E-state index is 12.3. The van der Waals surface area contributed by atoms with E-state index in [0.29, 0.717) is 24.0 Å². The van der Waals surface area contributed by atoms with E-state index in [9.17, 15) is 9.59 Å². The van der Waals surface area contributed by atoms with Gasteiger partial charge in [0.05, 0.1) is 5.92 Å². The van der Waals surface area contributed by atoms with Gasteiger partial charge < -0.3 is 10.2 Å². The molecule has 1 atom stereocenters. The number of carbonyl (C=O) groups excluding carboxylic acids is 2. The maximum absolute atomic E-state index is 12.3. The highest BCUT2D eigenvalue weighted by Crippen LogP contribution is 2.30. The predicted molar refractivity (Wildman–Crippen MR) is 82.2 cm³/mol. The summed E-state index contributed by atoms with van der Waals surface area (Å²) < 4.78 is 0. The van der Waals surface area contributed by atoms with Crippen molar-refractivity contribution in [2.45, 2.75) is 38.1 Å². The van der Waals surface area contributed by atoms with E-state index < -0.39 is 0 Å². The summed E-state index contributed by atoms with van der Waals surface area (Å²) in [5, 5.41) is 3.50. The van der Waals surface area contributed by atoms with Gasteiger partial charge in [-0.3, -0.25) is 9.59 Å². The Kier molecular flexibility index (Phi) is 4.15. The van der Waals surface area contributed by atoms with E-state index in [-0.39, 0.29) is 17.7 Å². The summed E-state index contributed by atoms with van der Waals surface area (Å²) in [6, 6.07) is 7.37. The molecular formula is C16H19ClN2O2. The molecule has 1 aliphatic carbocycles. The smallest absolute Gasteiger partial charge is 0.229 e. The van der Waals surface area contributed by atoms with Crippen molar-refractivity contribution in [3.8, 4) is 0 Å². The summed E-state index contributed by atoms with van der Waals surface area (Å²) in [7, 11) is 0. The van der Waals surface area contributed by atoms with Crippen LogP contribution in [0.1, 0.15) is 32.1 Å². The van der Waals surface area contributed by atoms with Crippen molar-refractivity contribution in [3.63, 3.8) is 0 Å². The van der Waals surface area contributed by atoms with Crippen molar-refractivity contribution in [3.05, 3.63) is 29.3 Å². The van der Waals surface area contributed by atoms with Gasteiger partial charge in [0.15, 0.2) is 0 Å². The van der Waals surface area contributed by atoms with Crippen molar-refractivity contribution < 1.29 is 9.59 Å². The molecule has 4 nitrogen and oxygen atoms in total. The molecule has 1 aromatic rings. The van der Waals surface area contributed by atoms with Gasteiger partial charge >= 0.3 is 0 Å². The second kappa shape index (κ2) is 6.06. The number of carbonyl (C=O) groups is 2. The first kappa shape index (κ1) is 14.4. The van der Waals surface area contributed by atoms with Gasteiger partial charge in [-0.25, -0.2) is 0 Å². The standard InChI is InChI=1S/C16H19ClN2O2/c17-12-5-7-13(8-6-12)18-16(21)11-9-15(20)19(10-11)14-3-1-2-4-14/h5-8,11,14H,1-4,9-10H2,(H,18,21)/t11-/m1/s1. The normalized spacial score (nSPS) is 22.8. The van der Waals surface area contributed by atoms with Crippen molar-refractivity contribution >= 4 is 29.1 Å². The van der Waals surface area contributed by atoms with Gasteiger partial charge in [-0.2, -0.15) is 0 Å². The van der Waals surface area contributed by atoms with E-state index >= 15 is 0 Å². The molecule has 1 aromatic carbocycles. The van der Waals surface area contributed by atoms with E-state index in [1.165, 1.54) is 12.8 Å². The monoisotopic (exact) mass is 306 g/mol. The van der Waals surface area contributed by atoms with Crippen molar-refractivity contribution in [1.82, 2.24) is 4.90 Å². The minimum absolute atomic E-state index is 0.0776. The molecule has 5 heteroatoms. The number of hydrogen-bond donors (Lipinski definition) is 1. The van der Waals surface area contributed by atoms with Crippen LogP contribution in [0.2, 0.25) is 5.02 Å². The number of hydrogen-bond acceptors (Lipinski definition) is 2. The summed E-state index contributed by atoms with van der Waals surface area (Å²) >= 11 is 5.82. The summed E-state index contributed by atoms with van der Waals surface area (Å²) in [5.74, 6) is -0.196. The molecular weight excluding hydrogens is 288 g/mol. The summed E-state index contributed by atoms with van der Waals surface area (Å²) in [6.07, 6.45) is 4.87. The second-order valence-electron chi connectivity index (χ2n) is 5.88. The Hall–Kier alpha value is -1.55. The maximum Gasteiger partial charge on any atom is 0.229 e. The topological polar surface area (TPSA) is 49.4 Å². The van der Waals surface area contributed by atoms with Gasteiger partial charge in [0.25, 0.3) is 0 Å². The van der Waals surface area contributed by atoms with Crippen LogP contribution in [-0.2, 0) is 9.59 Å². The highest BCUT2D eigenvalue weighted by molar-refractivity contribution is 6.30. The number of nitrogens with zero attached hydrogens (tertiary/aromatic N) is 1. The van der Waals surface area contributed by atoms with Crippen LogP contribution in [0.15, 0.2) is 24.3 Å². The highest BCUT2D eigenvalue weighted by Gasteiger charge is 2.38. The Labute approximate surface area is 129 Å². The molecule has 3 rings (SSSR count). The average Bonchev–Trinajstić information content (AvgIpc) is 3.10. The van der Waals surface area contributed by atoms with Crippen LogP contribution in [0.4, 0.5) is 5.69 Å². The molecule has 1 heterocycles. The van der Waals surface area contributed by atoms with Gasteiger partial charge in [0, 0.05) is 29.7 Å². The molecule has 0 aromatic heterocycles. The van der Waals surface area contributed by atoms with Crippen LogP contribution in [0, 0.1) is 5.92 Å². The van der Waals surface area contributed by atoms with Crippen LogP contribution in [-0.4, -0.2) is 29.3 Å². The molecule has 2 amide bonds. The number of halogens is 1. The van der Waals surface area contributed by atoms with Gasteiger partial charge in [-0.1, -0.05) is 24.4 Å². The first-order chi connectivity index (χ1) is 10.1. The molecule has 1 aliphatic heterocycles. The van der Waals surface area contributed by atoms with Crippen LogP contribution < -0.4 is 5.32 Å². The molecule has 21 heavy (non-hydrogen) atoms. The lowest BCUT2D eigenvalue weighted by Gasteiger charge is -2.23. The lowest BCUT2D eigenvalue weighted by molar-refractivity contribution is -0.129. The second-order valence-corrected chi connectivity index (χ2v) is 6.32. The molecule has 0 unspecified atom stereocenters. The van der Waals surface area contributed by atoms with Crippen LogP contribution >= 0.6 is 11.6 Å². The quantitative estimate of drug-likeness (QED) is 0.933. The molecule has 2 aliphatic rings. The molecule has 0 radical (unpaired) electrons. The minimum Gasteiger partial charge on any atom is -0.339 e. The third kappa shape index (κ3) is 3.21. The Balaban J connectivity index is 1.60. The van der Waals surface area contributed by atoms with Crippen molar-refractivity contribution in [2.24, 2.45) is 5.92 Å². The molecule has 1 saturated carbocycles. The van der Waals surface area contributed by atoms with Gasteiger partial charge in [-0.15, -0.1) is 0 Å². The zero-order valence-electron chi connectivity index (χ0n) is 11.8. The fraction of sp³-hybridized carbons (Fsp3) is 0.500. The van der Waals surface area contributed by atoms with Crippen molar-refractivity contribution in [1.29, 1.82) is 0 Å². The summed E-state index contributed by atoms with van der Waals surface area (Å²) in [5.41, 5.74) is 0.719. The van der Waals surface area contributed by atoms with Crippen molar-refractivity contribution in [2.75, 3.05) is 11.9 Å². The molecule has 0 spiro atoms. The zero-order chi connectivity index (χ0) is 14.8. The van der Waals surface area contributed by atoms with E-state index in [0.717, 1.165) is 18.5 Å². The fourth-order valence-electron chi connectivity index (χ4n) is 3.25. The Bertz CT molecular complexity index is 538. The van der Waals surface area contributed by atoms with Gasteiger partial charge in [-0.05, 0) is 37.1 Å². The number of nitrogens with one attached hydrogen (secondary N) is 1. The van der Waals surface area contributed by atoms with E-state index in [1.54, 1.807) is 24.3 Å². The number of rotatable bonds is 3. The van der Waals surface area contributed by atoms with E-state index in [2.05, 4.69) is 5.32 Å². The first-order valence-electron chi connectivity index (χ1n) is 7.49. The molecule has 0 bridgehead atoms. The first-order valence-corrected chi connectivity index (χ1v) is 7.87. The third-order valence-electron chi connectivity index (χ3n) is 4.41. The largest absolute Gasteiger partial charge is 0.339 e. The molecule has 1 N–H and O–H groups in total.